The first-order valence-electron chi connectivity index (χ1n) is 5.62. The van der Waals surface area contributed by atoms with Crippen LogP contribution in [0, 0.1) is 0 Å². The quantitative estimate of drug-likeness (QED) is 0.846. The van der Waals surface area contributed by atoms with Crippen molar-refractivity contribution >= 4 is 5.97 Å². The van der Waals surface area contributed by atoms with E-state index in [2.05, 4.69) is 10.3 Å². The Morgan fingerprint density at radius 3 is 2.94 bits per heavy atom. The first-order valence-corrected chi connectivity index (χ1v) is 5.62. The van der Waals surface area contributed by atoms with Crippen molar-refractivity contribution in [2.45, 2.75) is 19.5 Å². The largest absolute Gasteiger partial charge is 0.475 e. The van der Waals surface area contributed by atoms with Crippen LogP contribution in [0.25, 0.3) is 0 Å². The molecule has 0 aliphatic carbocycles. The van der Waals surface area contributed by atoms with E-state index in [1.165, 1.54) is 6.07 Å². The summed E-state index contributed by atoms with van der Waals surface area (Å²) >= 11 is 0. The number of hydrogen-bond donors (Lipinski definition) is 2. The van der Waals surface area contributed by atoms with Gasteiger partial charge in [-0.2, -0.15) is 0 Å². The lowest BCUT2D eigenvalue weighted by Crippen LogP contribution is -2.17. The van der Waals surface area contributed by atoms with E-state index in [1.54, 1.807) is 18.5 Å². The number of rotatable bonds is 5. The minimum absolute atomic E-state index is 0.0409. The predicted octanol–water partition coefficient (Wildman–Crippen LogP) is 2.22. The van der Waals surface area contributed by atoms with Gasteiger partial charge in [-0.25, -0.2) is 4.79 Å². The van der Waals surface area contributed by atoms with Gasteiger partial charge in [0, 0.05) is 18.4 Å². The summed E-state index contributed by atoms with van der Waals surface area (Å²) in [4.78, 5) is 14.7. The van der Waals surface area contributed by atoms with Gasteiger partial charge >= 0.3 is 5.97 Å². The molecule has 0 saturated heterocycles. The fourth-order valence-electron chi connectivity index (χ4n) is 1.59. The van der Waals surface area contributed by atoms with Crippen LogP contribution >= 0.6 is 0 Å². The monoisotopic (exact) mass is 246 g/mol. The number of carbonyl (C=O) groups is 1. The molecule has 0 aliphatic heterocycles. The molecule has 5 nitrogen and oxygen atoms in total. The first kappa shape index (κ1) is 12.3. The second-order valence-corrected chi connectivity index (χ2v) is 3.96. The van der Waals surface area contributed by atoms with Crippen molar-refractivity contribution in [1.29, 1.82) is 0 Å². The SMILES string of the molecule is C[C@H](NCc1ccc(C(=O)O)o1)c1cccnc1. The normalized spacial score (nSPS) is 12.3. The molecule has 0 bridgehead atoms. The minimum atomic E-state index is -1.05. The molecule has 94 valence electrons. The fraction of sp³-hybridized carbons (Fsp3) is 0.231. The summed E-state index contributed by atoms with van der Waals surface area (Å²) in [5.74, 6) is -0.495. The van der Waals surface area contributed by atoms with E-state index < -0.39 is 5.97 Å². The maximum atomic E-state index is 10.7. The van der Waals surface area contributed by atoms with Gasteiger partial charge in [0.2, 0.25) is 5.76 Å². The summed E-state index contributed by atoms with van der Waals surface area (Å²) in [6.07, 6.45) is 3.52. The Bertz CT molecular complexity index is 522. The summed E-state index contributed by atoms with van der Waals surface area (Å²) < 4.78 is 5.15. The maximum Gasteiger partial charge on any atom is 0.371 e. The van der Waals surface area contributed by atoms with E-state index in [1.807, 2.05) is 19.1 Å². The van der Waals surface area contributed by atoms with Crippen LogP contribution in [0.3, 0.4) is 0 Å². The maximum absolute atomic E-state index is 10.7. The molecule has 0 spiro atoms. The lowest BCUT2D eigenvalue weighted by Gasteiger charge is -2.12. The number of carboxylic acids is 1. The molecule has 2 rings (SSSR count). The molecule has 0 fully saturated rings. The van der Waals surface area contributed by atoms with E-state index in [-0.39, 0.29) is 11.8 Å². The number of carboxylic acid groups (broad SMARTS) is 1. The van der Waals surface area contributed by atoms with Crippen LogP contribution in [-0.2, 0) is 6.54 Å². The van der Waals surface area contributed by atoms with E-state index >= 15 is 0 Å². The van der Waals surface area contributed by atoms with Gasteiger partial charge in [-0.3, -0.25) is 4.98 Å². The van der Waals surface area contributed by atoms with Gasteiger partial charge in [0.05, 0.1) is 6.54 Å². The van der Waals surface area contributed by atoms with Crippen LogP contribution in [0.2, 0.25) is 0 Å². The molecule has 0 unspecified atom stereocenters. The molecule has 2 heterocycles. The summed E-state index contributed by atoms with van der Waals surface area (Å²) in [6.45, 7) is 2.49. The Morgan fingerprint density at radius 1 is 1.50 bits per heavy atom. The van der Waals surface area contributed by atoms with E-state index in [0.717, 1.165) is 5.56 Å². The number of nitrogens with one attached hydrogen (secondary N) is 1. The van der Waals surface area contributed by atoms with Crippen LogP contribution in [0.4, 0.5) is 0 Å². The Hall–Kier alpha value is -2.14. The van der Waals surface area contributed by atoms with Gasteiger partial charge in [-0.1, -0.05) is 6.07 Å². The third kappa shape index (κ3) is 2.95. The summed E-state index contributed by atoms with van der Waals surface area (Å²) in [5.41, 5.74) is 1.07. The van der Waals surface area contributed by atoms with Crippen molar-refractivity contribution in [2.24, 2.45) is 0 Å². The number of hydrogen-bond acceptors (Lipinski definition) is 4. The zero-order valence-corrected chi connectivity index (χ0v) is 9.96. The molecule has 2 N–H and O–H groups in total. The van der Waals surface area contributed by atoms with Gasteiger partial charge < -0.3 is 14.8 Å². The molecule has 2 aromatic heterocycles. The number of aromatic nitrogens is 1. The van der Waals surface area contributed by atoms with E-state index in [4.69, 9.17) is 9.52 Å². The predicted molar refractivity (Wildman–Crippen MR) is 65.2 cm³/mol. The third-order valence-corrected chi connectivity index (χ3v) is 2.64. The standard InChI is InChI=1S/C13H14N2O3/c1-9(10-3-2-6-14-7-10)15-8-11-4-5-12(18-11)13(16)17/h2-7,9,15H,8H2,1H3,(H,16,17)/t9-/m0/s1. The Morgan fingerprint density at radius 2 is 2.33 bits per heavy atom. The number of aromatic carboxylic acids is 1. The molecule has 1 atom stereocenters. The molecule has 2 aromatic rings. The van der Waals surface area contributed by atoms with E-state index in [9.17, 15) is 4.79 Å². The van der Waals surface area contributed by atoms with Crippen molar-refractivity contribution in [3.05, 3.63) is 53.7 Å². The Labute approximate surface area is 104 Å². The molecular weight excluding hydrogens is 232 g/mol. The Kier molecular flexibility index (Phi) is 3.74. The van der Waals surface area contributed by atoms with Gasteiger partial charge in [-0.05, 0) is 30.7 Å². The smallest absolute Gasteiger partial charge is 0.371 e. The molecule has 18 heavy (non-hydrogen) atoms. The average molecular weight is 246 g/mol. The van der Waals surface area contributed by atoms with Crippen molar-refractivity contribution in [2.75, 3.05) is 0 Å². The first-order chi connectivity index (χ1) is 8.66. The van der Waals surface area contributed by atoms with Crippen LogP contribution < -0.4 is 5.32 Å². The number of furan rings is 1. The third-order valence-electron chi connectivity index (χ3n) is 2.64. The molecule has 0 aliphatic rings. The van der Waals surface area contributed by atoms with Crippen molar-refractivity contribution in [1.82, 2.24) is 10.3 Å². The summed E-state index contributed by atoms with van der Waals surface area (Å²) in [5, 5.41) is 12.0. The minimum Gasteiger partial charge on any atom is -0.475 e. The van der Waals surface area contributed by atoms with Crippen LogP contribution in [0.5, 0.6) is 0 Å². The lowest BCUT2D eigenvalue weighted by molar-refractivity contribution is 0.0660. The zero-order valence-electron chi connectivity index (χ0n) is 9.96. The fourth-order valence-corrected chi connectivity index (χ4v) is 1.59. The van der Waals surface area contributed by atoms with Crippen LogP contribution in [0.15, 0.2) is 41.1 Å². The van der Waals surface area contributed by atoms with Crippen molar-refractivity contribution in [3.63, 3.8) is 0 Å². The highest BCUT2D eigenvalue weighted by Crippen LogP contribution is 2.12. The lowest BCUT2D eigenvalue weighted by atomic mass is 10.1. The van der Waals surface area contributed by atoms with E-state index in [0.29, 0.717) is 12.3 Å². The molecule has 0 aromatic carbocycles. The van der Waals surface area contributed by atoms with Crippen molar-refractivity contribution < 1.29 is 14.3 Å². The second-order valence-electron chi connectivity index (χ2n) is 3.96. The Balaban J connectivity index is 1.93. The molecule has 5 heteroatoms. The van der Waals surface area contributed by atoms with Gasteiger partial charge in [0.15, 0.2) is 0 Å². The van der Waals surface area contributed by atoms with Gasteiger partial charge in [0.1, 0.15) is 5.76 Å². The second kappa shape index (κ2) is 5.46. The average Bonchev–Trinajstić information content (AvgIpc) is 2.86. The molecule has 0 amide bonds. The molecule has 0 saturated carbocycles. The zero-order chi connectivity index (χ0) is 13.0. The highest BCUT2D eigenvalue weighted by molar-refractivity contribution is 5.84. The van der Waals surface area contributed by atoms with Crippen LogP contribution in [-0.4, -0.2) is 16.1 Å². The van der Waals surface area contributed by atoms with Gasteiger partial charge in [0.25, 0.3) is 0 Å². The van der Waals surface area contributed by atoms with Crippen LogP contribution in [0.1, 0.15) is 34.8 Å². The molecular formula is C13H14N2O3. The summed E-state index contributed by atoms with van der Waals surface area (Å²) in [7, 11) is 0. The number of pyridine rings is 1. The summed E-state index contributed by atoms with van der Waals surface area (Å²) in [6, 6.07) is 7.09. The molecule has 0 radical (unpaired) electrons. The highest BCUT2D eigenvalue weighted by Gasteiger charge is 2.10. The highest BCUT2D eigenvalue weighted by atomic mass is 16.4. The van der Waals surface area contributed by atoms with Crippen molar-refractivity contribution in [3.8, 4) is 0 Å². The van der Waals surface area contributed by atoms with Gasteiger partial charge in [-0.15, -0.1) is 0 Å². The topological polar surface area (TPSA) is 75.4 Å². The number of nitrogens with zero attached hydrogens (tertiary/aromatic N) is 1.